The van der Waals surface area contributed by atoms with Crippen molar-refractivity contribution in [1.29, 1.82) is 0 Å². The van der Waals surface area contributed by atoms with Crippen LogP contribution >= 0.6 is 0 Å². The Hall–Kier alpha value is 2.45. The zero-order valence-electron chi connectivity index (χ0n) is 1.89. The largest absolute Gasteiger partial charge is 3.00 e. The summed E-state index contributed by atoms with van der Waals surface area (Å²) in [4.78, 5) is 0. The van der Waals surface area contributed by atoms with E-state index in [4.69, 9.17) is 0 Å². The van der Waals surface area contributed by atoms with E-state index in [9.17, 15) is 0 Å². The molecule has 5 heteroatoms. The van der Waals surface area contributed by atoms with Gasteiger partial charge in [-0.2, -0.15) is 0 Å². The SMILES string of the molecule is [O-2].[O-2].[O-2].[Tb+3].[Tb+3]. The second kappa shape index (κ2) is 31.9. The van der Waals surface area contributed by atoms with E-state index < -0.39 is 0 Å². The van der Waals surface area contributed by atoms with E-state index in [1.54, 1.807) is 0 Å². The van der Waals surface area contributed by atoms with E-state index in [2.05, 4.69) is 0 Å². The Balaban J connectivity index is 0. The van der Waals surface area contributed by atoms with Crippen LogP contribution in [0.1, 0.15) is 0 Å². The maximum Gasteiger partial charge on any atom is 3.00 e. The van der Waals surface area contributed by atoms with Crippen molar-refractivity contribution in [3.63, 3.8) is 0 Å². The van der Waals surface area contributed by atoms with Crippen molar-refractivity contribution in [2.24, 2.45) is 0 Å². The van der Waals surface area contributed by atoms with Crippen LogP contribution in [0.4, 0.5) is 0 Å². The Morgan fingerprint density at radius 2 is 0.400 bits per heavy atom. The van der Waals surface area contributed by atoms with Crippen molar-refractivity contribution < 1.29 is 93.7 Å². The van der Waals surface area contributed by atoms with Gasteiger partial charge in [0.25, 0.3) is 0 Å². The van der Waals surface area contributed by atoms with Gasteiger partial charge in [0.1, 0.15) is 0 Å². The molecular weight excluding hydrogens is 366 g/mol. The molecule has 0 amide bonds. The molecule has 0 saturated heterocycles. The van der Waals surface area contributed by atoms with Gasteiger partial charge in [0.05, 0.1) is 0 Å². The quantitative estimate of drug-likeness (QED) is 0.561. The average Bonchev–Trinajstić information content (AvgIpc) is 0. The predicted octanol–water partition coefficient (Wildman–Crippen LogP) is -0.356. The van der Waals surface area contributed by atoms with Gasteiger partial charge < -0.3 is 16.4 Å². The van der Waals surface area contributed by atoms with E-state index in [0.29, 0.717) is 0 Å². The molecule has 0 aromatic carbocycles. The topological polar surface area (TPSA) is 85.5 Å². The molecule has 36 valence electrons. The minimum absolute atomic E-state index is 0. The van der Waals surface area contributed by atoms with E-state index in [0.717, 1.165) is 0 Å². The number of hydrogen-bond donors (Lipinski definition) is 0. The zero-order valence-corrected chi connectivity index (χ0v) is 6.17. The first-order valence-corrected chi connectivity index (χ1v) is 0. The van der Waals surface area contributed by atoms with Gasteiger partial charge in [0.15, 0.2) is 0 Å². The van der Waals surface area contributed by atoms with Crippen molar-refractivity contribution in [2.75, 3.05) is 0 Å². The third kappa shape index (κ3) is 21.3. The summed E-state index contributed by atoms with van der Waals surface area (Å²) >= 11 is 0. The molecule has 0 aromatic heterocycles. The van der Waals surface area contributed by atoms with Gasteiger partial charge in [-0.05, 0) is 0 Å². The summed E-state index contributed by atoms with van der Waals surface area (Å²) in [5.74, 6) is 0. The summed E-state index contributed by atoms with van der Waals surface area (Å²) in [7, 11) is 0. The molecule has 0 aromatic rings. The Morgan fingerprint density at radius 3 is 0.400 bits per heavy atom. The van der Waals surface area contributed by atoms with Gasteiger partial charge in [-0.1, -0.05) is 0 Å². The van der Waals surface area contributed by atoms with Crippen LogP contribution in [0.25, 0.3) is 0 Å². The molecular formula is O3Tb2. The third-order valence-corrected chi connectivity index (χ3v) is 0. The van der Waals surface area contributed by atoms with E-state index in [-0.39, 0.29) is 93.7 Å². The van der Waals surface area contributed by atoms with Gasteiger partial charge >= 0.3 is 77.2 Å². The second-order valence-electron chi connectivity index (χ2n) is 0. The van der Waals surface area contributed by atoms with E-state index in [1.807, 2.05) is 0 Å². The Bertz CT molecular complexity index is 4.85. The summed E-state index contributed by atoms with van der Waals surface area (Å²) in [6.45, 7) is 0. The molecule has 0 saturated carbocycles. The first-order chi connectivity index (χ1) is 0. The van der Waals surface area contributed by atoms with Crippen molar-refractivity contribution >= 4 is 0 Å². The standard InChI is InChI=1S/3O.2Tb/q3*-2;2*+3. The fraction of sp³-hybridized carbons (Fsp3) is 0. The molecule has 0 bridgehead atoms. The van der Waals surface area contributed by atoms with Gasteiger partial charge in [-0.3, -0.25) is 0 Å². The van der Waals surface area contributed by atoms with E-state index in [1.165, 1.54) is 0 Å². The third-order valence-electron chi connectivity index (χ3n) is 0. The van der Waals surface area contributed by atoms with Crippen molar-refractivity contribution in [1.82, 2.24) is 0 Å². The van der Waals surface area contributed by atoms with Crippen molar-refractivity contribution in [3.05, 3.63) is 0 Å². The molecule has 0 radical (unpaired) electrons. The Kier molecular flexibility index (Phi) is 329. The summed E-state index contributed by atoms with van der Waals surface area (Å²) in [5, 5.41) is 0. The molecule has 0 atom stereocenters. The van der Waals surface area contributed by atoms with Crippen LogP contribution < -0.4 is 0 Å². The average molecular weight is 366 g/mol. The minimum Gasteiger partial charge on any atom is -2.00 e. The van der Waals surface area contributed by atoms with Gasteiger partial charge in [0, 0.05) is 0 Å². The summed E-state index contributed by atoms with van der Waals surface area (Å²) in [5.41, 5.74) is 0. The monoisotopic (exact) mass is 366 g/mol. The normalized spacial score (nSPS) is 0. The van der Waals surface area contributed by atoms with Crippen molar-refractivity contribution in [3.8, 4) is 0 Å². The number of rotatable bonds is 0. The summed E-state index contributed by atoms with van der Waals surface area (Å²) in [6, 6.07) is 0. The van der Waals surface area contributed by atoms with Crippen LogP contribution in [0.5, 0.6) is 0 Å². The fourth-order valence-corrected chi connectivity index (χ4v) is 0. The van der Waals surface area contributed by atoms with Crippen LogP contribution in [0.2, 0.25) is 0 Å². The van der Waals surface area contributed by atoms with Crippen LogP contribution in [0, 0.1) is 77.2 Å². The Morgan fingerprint density at radius 1 is 0.400 bits per heavy atom. The molecule has 0 spiro atoms. The number of hydrogen-bond acceptors (Lipinski definition) is 0. The second-order valence-corrected chi connectivity index (χ2v) is 0. The van der Waals surface area contributed by atoms with Crippen molar-refractivity contribution in [2.45, 2.75) is 0 Å². The maximum atomic E-state index is 0. The molecule has 0 aliphatic rings. The maximum absolute atomic E-state index is 0. The predicted molar refractivity (Wildman–Crippen MR) is 2.06 cm³/mol. The van der Waals surface area contributed by atoms with Crippen LogP contribution in [-0.4, -0.2) is 0 Å². The van der Waals surface area contributed by atoms with Crippen LogP contribution in [0.15, 0.2) is 0 Å². The molecule has 0 rings (SSSR count). The molecule has 0 fully saturated rings. The smallest absolute Gasteiger partial charge is 2.00 e. The molecule has 0 heterocycles. The first kappa shape index (κ1) is 51.6. The fourth-order valence-electron chi connectivity index (χ4n) is 0. The molecule has 0 aliphatic carbocycles. The molecule has 5 heavy (non-hydrogen) atoms. The van der Waals surface area contributed by atoms with Crippen LogP contribution in [-0.2, 0) is 16.4 Å². The molecule has 0 unspecified atom stereocenters. The molecule has 3 nitrogen and oxygen atoms in total. The Labute approximate surface area is 91.7 Å². The van der Waals surface area contributed by atoms with Crippen LogP contribution in [0.3, 0.4) is 0 Å². The zero-order chi connectivity index (χ0) is 0. The molecule has 0 aliphatic heterocycles. The first-order valence-electron chi connectivity index (χ1n) is 0. The minimum atomic E-state index is 0. The van der Waals surface area contributed by atoms with Gasteiger partial charge in [-0.25, -0.2) is 0 Å². The van der Waals surface area contributed by atoms with E-state index >= 15 is 0 Å². The summed E-state index contributed by atoms with van der Waals surface area (Å²) in [6.07, 6.45) is 0. The van der Waals surface area contributed by atoms with Gasteiger partial charge in [-0.15, -0.1) is 0 Å². The molecule has 0 N–H and O–H groups in total. The van der Waals surface area contributed by atoms with Gasteiger partial charge in [0.2, 0.25) is 0 Å². The summed E-state index contributed by atoms with van der Waals surface area (Å²) < 4.78 is 0.